The average molecular weight is 510 g/mol. The van der Waals surface area contributed by atoms with Crippen molar-refractivity contribution in [1.82, 2.24) is 4.57 Å². The molecule has 1 aliphatic rings. The summed E-state index contributed by atoms with van der Waals surface area (Å²) in [7, 11) is 2.70. The number of phenols is 1. The molecule has 1 aliphatic carbocycles. The minimum absolute atomic E-state index is 0.0150. The van der Waals surface area contributed by atoms with Gasteiger partial charge in [0.15, 0.2) is 11.6 Å². The van der Waals surface area contributed by atoms with Crippen LogP contribution in [0.4, 0.5) is 8.78 Å². The van der Waals surface area contributed by atoms with Gasteiger partial charge >= 0.3 is 5.97 Å². The molecule has 7 nitrogen and oxygen atoms in total. The maximum atomic E-state index is 14.7. The van der Waals surface area contributed by atoms with Gasteiger partial charge in [-0.3, -0.25) is 0 Å². The quantitative estimate of drug-likeness (QED) is 0.321. The number of nitrogens with zero attached hydrogens (tertiary/aromatic N) is 1. The largest absolute Gasteiger partial charge is 0.507 e. The summed E-state index contributed by atoms with van der Waals surface area (Å²) in [6.45, 7) is 1.95. The third kappa shape index (κ3) is 3.86. The Morgan fingerprint density at radius 3 is 2.35 bits per heavy atom. The standard InChI is InChI=1S/C28H25F2NO6/c1-28(12-17(32)13-28)26-24(14-4-6-18(27(34)35)22(8-14)36-2)25-20(9-15(29)10-21(25)33)31(26)16-5-7-19(30)23(11-16)37-3/h4-11,17,32-33H,12-13H2,1-3H3,(H,34,35)/t17-,28-. The van der Waals surface area contributed by atoms with E-state index < -0.39 is 29.1 Å². The lowest BCUT2D eigenvalue weighted by Gasteiger charge is -2.44. The van der Waals surface area contributed by atoms with Gasteiger partial charge in [0.1, 0.15) is 22.9 Å². The summed E-state index contributed by atoms with van der Waals surface area (Å²) in [6, 6.07) is 11.1. The molecule has 3 aromatic carbocycles. The van der Waals surface area contributed by atoms with Crippen LogP contribution in [0.25, 0.3) is 27.7 Å². The van der Waals surface area contributed by atoms with Crippen molar-refractivity contribution < 1.29 is 38.4 Å². The van der Waals surface area contributed by atoms with Gasteiger partial charge in [-0.1, -0.05) is 13.0 Å². The molecule has 0 bridgehead atoms. The minimum Gasteiger partial charge on any atom is -0.507 e. The van der Waals surface area contributed by atoms with Crippen molar-refractivity contribution in [3.8, 4) is 34.1 Å². The van der Waals surface area contributed by atoms with Crippen LogP contribution in [0.2, 0.25) is 0 Å². The summed E-state index contributed by atoms with van der Waals surface area (Å²) in [5.41, 5.74) is 1.83. The highest BCUT2D eigenvalue weighted by Crippen LogP contribution is 2.53. The summed E-state index contributed by atoms with van der Waals surface area (Å²) in [4.78, 5) is 11.7. The van der Waals surface area contributed by atoms with Crippen LogP contribution in [0, 0.1) is 11.6 Å². The molecular formula is C28H25F2NO6. The van der Waals surface area contributed by atoms with Crippen molar-refractivity contribution in [3.63, 3.8) is 0 Å². The topological polar surface area (TPSA) is 101 Å². The summed E-state index contributed by atoms with van der Waals surface area (Å²) >= 11 is 0. The molecule has 3 N–H and O–H groups in total. The predicted molar refractivity (Wildman–Crippen MR) is 133 cm³/mol. The number of benzene rings is 3. The molecule has 9 heteroatoms. The number of aliphatic hydroxyl groups is 1. The first-order valence-electron chi connectivity index (χ1n) is 11.6. The lowest BCUT2D eigenvalue weighted by atomic mass is 9.64. The van der Waals surface area contributed by atoms with Crippen molar-refractivity contribution in [3.05, 3.63) is 71.4 Å². The average Bonchev–Trinajstić information content (AvgIpc) is 3.18. The van der Waals surface area contributed by atoms with E-state index in [0.717, 1.165) is 6.07 Å². The Morgan fingerprint density at radius 1 is 1.03 bits per heavy atom. The summed E-state index contributed by atoms with van der Waals surface area (Å²) < 4.78 is 41.3. The fraction of sp³-hybridized carbons (Fsp3) is 0.250. The number of methoxy groups -OCH3 is 2. The van der Waals surface area contributed by atoms with Crippen molar-refractivity contribution >= 4 is 16.9 Å². The number of carboxylic acids is 1. The molecule has 4 aromatic rings. The van der Waals surface area contributed by atoms with Gasteiger partial charge in [0, 0.05) is 34.5 Å². The maximum absolute atomic E-state index is 14.7. The lowest BCUT2D eigenvalue weighted by molar-refractivity contribution is 0.0249. The number of hydrogen-bond donors (Lipinski definition) is 3. The van der Waals surface area contributed by atoms with Crippen LogP contribution < -0.4 is 9.47 Å². The van der Waals surface area contributed by atoms with E-state index in [0.29, 0.717) is 46.3 Å². The SMILES string of the molecule is COc1cc(-n2c3cc(F)cc(O)c3c(-c3ccc(C(=O)O)c(OC)c3)c2[C@]2(C)C[C@@H](O)C2)ccc1F. The molecule has 5 rings (SSSR count). The number of fused-ring (bicyclic) bond motifs is 1. The number of rotatable bonds is 6. The number of ether oxygens (including phenoxy) is 2. The number of carbonyl (C=O) groups is 1. The van der Waals surface area contributed by atoms with E-state index in [-0.39, 0.29) is 22.8 Å². The molecule has 0 aliphatic heterocycles. The summed E-state index contributed by atoms with van der Waals surface area (Å²) in [6.07, 6.45) is 0.228. The van der Waals surface area contributed by atoms with Gasteiger partial charge < -0.3 is 29.4 Å². The van der Waals surface area contributed by atoms with Gasteiger partial charge in [-0.15, -0.1) is 0 Å². The second-order valence-electron chi connectivity index (χ2n) is 9.54. The highest BCUT2D eigenvalue weighted by atomic mass is 19.1. The van der Waals surface area contributed by atoms with Crippen LogP contribution in [0.15, 0.2) is 48.5 Å². The number of phenolic OH excluding ortho intramolecular Hbond substituents is 1. The van der Waals surface area contributed by atoms with Gasteiger partial charge in [0.2, 0.25) is 0 Å². The number of hydrogen-bond acceptors (Lipinski definition) is 5. The molecular weight excluding hydrogens is 484 g/mol. The van der Waals surface area contributed by atoms with E-state index in [1.165, 1.54) is 44.6 Å². The Morgan fingerprint density at radius 2 is 1.73 bits per heavy atom. The first-order valence-corrected chi connectivity index (χ1v) is 11.6. The number of aromatic carboxylic acids is 1. The molecule has 0 spiro atoms. The van der Waals surface area contributed by atoms with Gasteiger partial charge in [-0.2, -0.15) is 0 Å². The van der Waals surface area contributed by atoms with E-state index >= 15 is 0 Å². The summed E-state index contributed by atoms with van der Waals surface area (Å²) in [5.74, 6) is -2.63. The number of halogens is 2. The molecule has 0 radical (unpaired) electrons. The van der Waals surface area contributed by atoms with E-state index in [2.05, 4.69) is 0 Å². The Balaban J connectivity index is 1.94. The molecule has 0 amide bonds. The van der Waals surface area contributed by atoms with Crippen molar-refractivity contribution in [2.75, 3.05) is 14.2 Å². The van der Waals surface area contributed by atoms with Crippen molar-refractivity contribution in [2.45, 2.75) is 31.3 Å². The van der Waals surface area contributed by atoms with Crippen LogP contribution >= 0.6 is 0 Å². The van der Waals surface area contributed by atoms with Crippen molar-refractivity contribution in [2.24, 2.45) is 0 Å². The Bertz CT molecular complexity index is 1550. The van der Waals surface area contributed by atoms with Gasteiger partial charge in [-0.05, 0) is 48.7 Å². The van der Waals surface area contributed by atoms with Gasteiger partial charge in [0.05, 0.1) is 31.2 Å². The highest BCUT2D eigenvalue weighted by molar-refractivity contribution is 6.04. The Hall–Kier alpha value is -4.11. The molecule has 1 heterocycles. The van der Waals surface area contributed by atoms with Crippen LogP contribution in [-0.2, 0) is 5.41 Å². The van der Waals surface area contributed by atoms with E-state index in [1.54, 1.807) is 16.7 Å². The van der Waals surface area contributed by atoms with Crippen LogP contribution in [0.5, 0.6) is 17.2 Å². The number of aromatic hydroxyl groups is 1. The lowest BCUT2D eigenvalue weighted by Crippen LogP contribution is -2.43. The zero-order valence-corrected chi connectivity index (χ0v) is 20.4. The monoisotopic (exact) mass is 509 g/mol. The van der Waals surface area contributed by atoms with E-state index in [1.807, 2.05) is 6.92 Å². The molecule has 1 fully saturated rings. The number of aliphatic hydroxyl groups excluding tert-OH is 1. The molecule has 37 heavy (non-hydrogen) atoms. The normalized spacial score (nSPS) is 19.0. The van der Waals surface area contributed by atoms with Crippen molar-refractivity contribution in [1.29, 1.82) is 0 Å². The smallest absolute Gasteiger partial charge is 0.339 e. The Kier molecular flexibility index (Phi) is 5.83. The predicted octanol–water partition coefficient (Wildman–Crippen LogP) is 5.41. The van der Waals surface area contributed by atoms with E-state index in [4.69, 9.17) is 9.47 Å². The van der Waals surface area contributed by atoms with Crippen LogP contribution in [-0.4, -0.2) is 46.2 Å². The van der Waals surface area contributed by atoms with Gasteiger partial charge in [0.25, 0.3) is 0 Å². The fourth-order valence-corrected chi connectivity index (χ4v) is 5.47. The second kappa shape index (κ2) is 8.77. The first-order chi connectivity index (χ1) is 17.6. The second-order valence-corrected chi connectivity index (χ2v) is 9.54. The van der Waals surface area contributed by atoms with Crippen LogP contribution in [0.3, 0.4) is 0 Å². The number of aromatic nitrogens is 1. The minimum atomic E-state index is -1.16. The molecule has 192 valence electrons. The Labute approximate surface area is 211 Å². The third-order valence-electron chi connectivity index (χ3n) is 7.07. The highest BCUT2D eigenvalue weighted by Gasteiger charge is 2.46. The van der Waals surface area contributed by atoms with Gasteiger partial charge in [-0.25, -0.2) is 13.6 Å². The summed E-state index contributed by atoms with van der Waals surface area (Å²) in [5, 5.41) is 31.1. The molecule has 1 saturated carbocycles. The fourth-order valence-electron chi connectivity index (χ4n) is 5.47. The molecule has 0 atom stereocenters. The maximum Gasteiger partial charge on any atom is 0.339 e. The van der Waals surface area contributed by atoms with Crippen LogP contribution in [0.1, 0.15) is 35.8 Å². The first kappa shape index (κ1) is 24.6. The number of carboxylic acid groups (broad SMARTS) is 1. The zero-order valence-electron chi connectivity index (χ0n) is 20.4. The van der Waals surface area contributed by atoms with E-state index in [9.17, 15) is 28.9 Å². The molecule has 1 aromatic heterocycles. The molecule has 0 saturated heterocycles. The zero-order chi connectivity index (χ0) is 26.6. The third-order valence-corrected chi connectivity index (χ3v) is 7.07. The molecule has 0 unspecified atom stereocenters.